The van der Waals surface area contributed by atoms with Crippen molar-refractivity contribution in [3.8, 4) is 0 Å². The summed E-state index contributed by atoms with van der Waals surface area (Å²) in [5, 5.41) is 0.0696. The number of methoxy groups -OCH3 is 2. The zero-order valence-electron chi connectivity index (χ0n) is 23.6. The lowest BCUT2D eigenvalue weighted by Gasteiger charge is -2.52. The van der Waals surface area contributed by atoms with Gasteiger partial charge in [-0.25, -0.2) is 4.79 Å². The van der Waals surface area contributed by atoms with Crippen LogP contribution in [0.1, 0.15) is 66.4 Å². The van der Waals surface area contributed by atoms with Crippen LogP contribution in [0.25, 0.3) is 0 Å². The molecule has 1 saturated heterocycles. The Kier molecular flexibility index (Phi) is 10.6. The molecule has 0 aromatic heterocycles. The molecule has 0 radical (unpaired) electrons. The number of benzene rings is 1. The van der Waals surface area contributed by atoms with Gasteiger partial charge in [0.1, 0.15) is 0 Å². The molecule has 1 aromatic carbocycles. The van der Waals surface area contributed by atoms with Gasteiger partial charge >= 0.3 is 5.97 Å². The Morgan fingerprint density at radius 2 is 1.80 bits per heavy atom. The van der Waals surface area contributed by atoms with Crippen LogP contribution in [0.3, 0.4) is 0 Å². The van der Waals surface area contributed by atoms with E-state index in [-0.39, 0.29) is 28.8 Å². The SMILES string of the molecule is CC[C@@H](CC1O[C@H]([C@H](OC)C(=O)OC)C[C@@H](O[Si](C)(C)C(C)(C)C)C1(C)C)OCc1ccccc1. The van der Waals surface area contributed by atoms with Crippen LogP contribution >= 0.6 is 0 Å². The molecule has 0 amide bonds. The molecule has 0 bridgehead atoms. The van der Waals surface area contributed by atoms with Gasteiger partial charge in [-0.15, -0.1) is 0 Å². The standard InChI is InChI=1S/C28H48O6Si/c1-11-21(32-19-20-15-13-12-14-16-20)17-23-28(5,6)24(34-35(9,10)27(2,3)4)18-22(33-23)25(30-7)26(29)31-8/h12-16,21-25H,11,17-19H2,1-10H3/t21-,22-,23?,24+,25-/m0/s1. The number of carbonyl (C=O) groups excluding carboxylic acids is 1. The van der Waals surface area contributed by atoms with Crippen LogP contribution in [0.2, 0.25) is 18.1 Å². The molecular weight excluding hydrogens is 460 g/mol. The molecule has 2 rings (SSSR count). The van der Waals surface area contributed by atoms with Crippen molar-refractivity contribution >= 4 is 14.3 Å². The van der Waals surface area contributed by atoms with Gasteiger partial charge in [-0.05, 0) is 30.1 Å². The molecule has 1 aliphatic heterocycles. The summed E-state index contributed by atoms with van der Waals surface area (Å²) in [4.78, 5) is 12.5. The van der Waals surface area contributed by atoms with Crippen molar-refractivity contribution in [2.45, 2.75) is 116 Å². The summed E-state index contributed by atoms with van der Waals surface area (Å²) in [7, 11) is 0.839. The first-order valence-corrected chi connectivity index (χ1v) is 15.8. The highest BCUT2D eigenvalue weighted by atomic mass is 28.4. The summed E-state index contributed by atoms with van der Waals surface area (Å²) in [6, 6.07) is 10.2. The summed E-state index contributed by atoms with van der Waals surface area (Å²) in [6.07, 6.45) is 0.672. The third-order valence-electron chi connectivity index (χ3n) is 7.97. The van der Waals surface area contributed by atoms with Crippen LogP contribution in [0, 0.1) is 5.41 Å². The molecule has 1 aromatic rings. The maximum absolute atomic E-state index is 12.5. The molecule has 7 heteroatoms. The molecule has 0 spiro atoms. The molecule has 1 fully saturated rings. The van der Waals surface area contributed by atoms with E-state index in [1.807, 2.05) is 18.2 Å². The van der Waals surface area contributed by atoms with Crippen LogP contribution in [0.5, 0.6) is 0 Å². The van der Waals surface area contributed by atoms with E-state index >= 15 is 0 Å². The normalized spacial score (nSPS) is 24.6. The summed E-state index contributed by atoms with van der Waals surface area (Å²) in [5.41, 5.74) is 0.876. The highest BCUT2D eigenvalue weighted by molar-refractivity contribution is 6.74. The molecule has 1 aliphatic rings. The number of hydrogen-bond acceptors (Lipinski definition) is 6. The van der Waals surface area contributed by atoms with E-state index < -0.39 is 26.5 Å². The molecule has 1 unspecified atom stereocenters. The number of esters is 1. The van der Waals surface area contributed by atoms with E-state index in [9.17, 15) is 4.79 Å². The largest absolute Gasteiger partial charge is 0.467 e. The van der Waals surface area contributed by atoms with E-state index in [0.717, 1.165) is 12.0 Å². The summed E-state index contributed by atoms with van der Waals surface area (Å²) in [6.45, 7) is 18.4. The first-order valence-electron chi connectivity index (χ1n) is 12.9. The van der Waals surface area contributed by atoms with Gasteiger partial charge in [-0.3, -0.25) is 0 Å². The highest BCUT2D eigenvalue weighted by Gasteiger charge is 2.52. The Balaban J connectivity index is 2.30. The van der Waals surface area contributed by atoms with Crippen LogP contribution < -0.4 is 0 Å². The van der Waals surface area contributed by atoms with Gasteiger partial charge in [-0.2, -0.15) is 0 Å². The van der Waals surface area contributed by atoms with Crippen LogP contribution in [-0.2, 0) is 34.8 Å². The van der Waals surface area contributed by atoms with E-state index in [1.165, 1.54) is 14.2 Å². The Labute approximate surface area is 214 Å². The minimum Gasteiger partial charge on any atom is -0.467 e. The van der Waals surface area contributed by atoms with Gasteiger partial charge in [0, 0.05) is 25.4 Å². The molecule has 200 valence electrons. The second kappa shape index (κ2) is 12.3. The average molecular weight is 509 g/mol. The lowest BCUT2D eigenvalue weighted by Crippen LogP contribution is -2.59. The van der Waals surface area contributed by atoms with E-state index in [2.05, 4.69) is 66.8 Å². The van der Waals surface area contributed by atoms with Crippen molar-refractivity contribution in [3.63, 3.8) is 0 Å². The smallest absolute Gasteiger partial charge is 0.337 e. The zero-order valence-corrected chi connectivity index (χ0v) is 24.6. The van der Waals surface area contributed by atoms with Crippen molar-refractivity contribution in [2.24, 2.45) is 5.41 Å². The first-order chi connectivity index (χ1) is 16.3. The molecule has 1 heterocycles. The Hall–Kier alpha value is -1.25. The topological polar surface area (TPSA) is 63.2 Å². The van der Waals surface area contributed by atoms with E-state index in [4.69, 9.17) is 23.4 Å². The van der Waals surface area contributed by atoms with Crippen LogP contribution in [0.15, 0.2) is 30.3 Å². The quantitative estimate of drug-likeness (QED) is 0.264. The van der Waals surface area contributed by atoms with Gasteiger partial charge in [0.2, 0.25) is 0 Å². The molecular formula is C28H48O6Si. The van der Waals surface area contributed by atoms with E-state index in [1.54, 1.807) is 0 Å². The maximum Gasteiger partial charge on any atom is 0.337 e. The molecule has 5 atom stereocenters. The lowest BCUT2D eigenvalue weighted by molar-refractivity contribution is -0.214. The van der Waals surface area contributed by atoms with Gasteiger partial charge in [0.25, 0.3) is 0 Å². The van der Waals surface area contributed by atoms with Crippen molar-refractivity contribution < 1.29 is 28.2 Å². The molecule has 35 heavy (non-hydrogen) atoms. The van der Waals surface area contributed by atoms with Crippen LogP contribution in [0.4, 0.5) is 0 Å². The Bertz CT molecular complexity index is 788. The van der Waals surface area contributed by atoms with Crippen molar-refractivity contribution in [2.75, 3.05) is 14.2 Å². The molecule has 0 saturated carbocycles. The summed E-state index contributed by atoms with van der Waals surface area (Å²) >= 11 is 0. The fourth-order valence-electron chi connectivity index (χ4n) is 4.35. The molecule has 0 N–H and O–H groups in total. The third-order valence-corrected chi connectivity index (χ3v) is 12.5. The molecule has 6 nitrogen and oxygen atoms in total. The Morgan fingerprint density at radius 3 is 2.31 bits per heavy atom. The second-order valence-corrected chi connectivity index (χ2v) is 16.6. The van der Waals surface area contributed by atoms with Crippen molar-refractivity contribution in [1.82, 2.24) is 0 Å². The van der Waals surface area contributed by atoms with Gasteiger partial charge < -0.3 is 23.4 Å². The fraction of sp³-hybridized carbons (Fsp3) is 0.750. The average Bonchev–Trinajstić information content (AvgIpc) is 2.79. The molecule has 0 aliphatic carbocycles. The van der Waals surface area contributed by atoms with Crippen molar-refractivity contribution in [3.05, 3.63) is 35.9 Å². The number of carbonyl (C=O) groups is 1. The van der Waals surface area contributed by atoms with Crippen LogP contribution in [-0.4, -0.2) is 59.0 Å². The fourth-order valence-corrected chi connectivity index (χ4v) is 5.81. The maximum atomic E-state index is 12.5. The third kappa shape index (κ3) is 7.62. The monoisotopic (exact) mass is 508 g/mol. The highest BCUT2D eigenvalue weighted by Crippen LogP contribution is 2.46. The minimum atomic E-state index is -2.07. The first kappa shape index (κ1) is 30.0. The summed E-state index contributed by atoms with van der Waals surface area (Å²) < 4.78 is 30.5. The second-order valence-electron chi connectivity index (χ2n) is 11.8. The number of ether oxygens (including phenoxy) is 4. The van der Waals surface area contributed by atoms with E-state index in [0.29, 0.717) is 19.4 Å². The van der Waals surface area contributed by atoms with Crippen molar-refractivity contribution in [1.29, 1.82) is 0 Å². The minimum absolute atomic E-state index is 0.0193. The Morgan fingerprint density at radius 1 is 1.17 bits per heavy atom. The van der Waals surface area contributed by atoms with Gasteiger partial charge in [0.05, 0.1) is 38.1 Å². The predicted molar refractivity (Wildman–Crippen MR) is 142 cm³/mol. The number of hydrogen-bond donors (Lipinski definition) is 0. The predicted octanol–water partition coefficient (Wildman–Crippen LogP) is 6.13. The van der Waals surface area contributed by atoms with Gasteiger partial charge in [0.15, 0.2) is 14.4 Å². The van der Waals surface area contributed by atoms with Gasteiger partial charge in [-0.1, -0.05) is 71.9 Å². The summed E-state index contributed by atoms with van der Waals surface area (Å²) in [5.74, 6) is -0.422. The zero-order chi connectivity index (χ0) is 26.4. The lowest BCUT2D eigenvalue weighted by atomic mass is 9.73. The number of rotatable bonds is 11.